The molecule has 1 atom stereocenters. The molecular weight excluding hydrogens is 362 g/mol. The standard InChI is InChI=1S/C20H17N3OS2/c24-19(14-26-20-21-11-6-12-22-20)23-16-9-4-5-10-18(16)25-13-17(23)15-7-2-1-3-8-15/h1-12,17H,13-14H2. The first-order valence-corrected chi connectivity index (χ1v) is 10.3. The van der Waals surface area contributed by atoms with Crippen LogP contribution in [0.1, 0.15) is 11.6 Å². The highest BCUT2D eigenvalue weighted by Gasteiger charge is 2.32. The monoisotopic (exact) mass is 379 g/mol. The lowest BCUT2D eigenvalue weighted by Crippen LogP contribution is -2.39. The van der Waals surface area contributed by atoms with Gasteiger partial charge in [-0.1, -0.05) is 54.2 Å². The topological polar surface area (TPSA) is 46.1 Å². The fraction of sp³-hybridized carbons (Fsp3) is 0.150. The second-order valence-electron chi connectivity index (χ2n) is 5.79. The molecule has 130 valence electrons. The Kier molecular flexibility index (Phi) is 5.22. The Morgan fingerprint density at radius 2 is 1.77 bits per heavy atom. The van der Waals surface area contributed by atoms with Gasteiger partial charge in [-0.15, -0.1) is 11.8 Å². The van der Waals surface area contributed by atoms with Gasteiger partial charge in [-0.05, 0) is 23.8 Å². The summed E-state index contributed by atoms with van der Waals surface area (Å²) >= 11 is 3.18. The van der Waals surface area contributed by atoms with Crippen LogP contribution in [0.2, 0.25) is 0 Å². The van der Waals surface area contributed by atoms with Crippen LogP contribution in [0.5, 0.6) is 0 Å². The Bertz CT molecular complexity index is 890. The summed E-state index contributed by atoms with van der Waals surface area (Å²) in [6, 6.07) is 20.1. The lowest BCUT2D eigenvalue weighted by atomic mass is 10.1. The Hall–Kier alpha value is -2.31. The molecule has 4 rings (SSSR count). The second-order valence-corrected chi connectivity index (χ2v) is 7.79. The molecule has 1 aliphatic heterocycles. The number of para-hydroxylation sites is 1. The quantitative estimate of drug-likeness (QED) is 0.495. The maximum absolute atomic E-state index is 13.2. The molecule has 0 aliphatic carbocycles. The summed E-state index contributed by atoms with van der Waals surface area (Å²) in [5, 5.41) is 0.622. The number of nitrogens with zero attached hydrogens (tertiary/aromatic N) is 3. The molecular formula is C20H17N3OS2. The molecule has 0 N–H and O–H groups in total. The molecule has 2 aromatic carbocycles. The number of fused-ring (bicyclic) bond motifs is 1. The first-order chi connectivity index (χ1) is 12.8. The van der Waals surface area contributed by atoms with Crippen molar-refractivity contribution in [3.8, 4) is 0 Å². The van der Waals surface area contributed by atoms with E-state index >= 15 is 0 Å². The van der Waals surface area contributed by atoms with E-state index in [0.717, 1.165) is 21.9 Å². The van der Waals surface area contributed by atoms with Gasteiger partial charge in [0.25, 0.3) is 0 Å². The van der Waals surface area contributed by atoms with E-state index in [4.69, 9.17) is 0 Å². The molecule has 3 aromatic rings. The van der Waals surface area contributed by atoms with Crippen molar-refractivity contribution in [2.45, 2.75) is 16.1 Å². The second kappa shape index (κ2) is 7.93. The minimum Gasteiger partial charge on any atom is -0.302 e. The molecule has 0 saturated heterocycles. The molecule has 0 saturated carbocycles. The Morgan fingerprint density at radius 3 is 2.58 bits per heavy atom. The molecule has 0 spiro atoms. The normalized spacial score (nSPS) is 16.2. The van der Waals surface area contributed by atoms with Crippen molar-refractivity contribution in [1.29, 1.82) is 0 Å². The number of carbonyl (C=O) groups excluding carboxylic acids is 1. The number of benzene rings is 2. The highest BCUT2D eigenvalue weighted by Crippen LogP contribution is 2.43. The molecule has 26 heavy (non-hydrogen) atoms. The van der Waals surface area contributed by atoms with Crippen LogP contribution in [-0.2, 0) is 4.79 Å². The van der Waals surface area contributed by atoms with Crippen molar-refractivity contribution in [2.24, 2.45) is 0 Å². The van der Waals surface area contributed by atoms with E-state index in [9.17, 15) is 4.79 Å². The average Bonchev–Trinajstić information content (AvgIpc) is 2.72. The molecule has 0 radical (unpaired) electrons. The summed E-state index contributed by atoms with van der Waals surface area (Å²) in [7, 11) is 0. The van der Waals surface area contributed by atoms with Crippen molar-refractivity contribution >= 4 is 35.1 Å². The number of hydrogen-bond donors (Lipinski definition) is 0. The average molecular weight is 380 g/mol. The Morgan fingerprint density at radius 1 is 1.04 bits per heavy atom. The Balaban J connectivity index is 1.63. The van der Waals surface area contributed by atoms with Crippen LogP contribution in [0.25, 0.3) is 0 Å². The van der Waals surface area contributed by atoms with Crippen LogP contribution < -0.4 is 4.90 Å². The summed E-state index contributed by atoms with van der Waals surface area (Å²) in [6.45, 7) is 0. The van der Waals surface area contributed by atoms with E-state index in [1.54, 1.807) is 30.2 Å². The van der Waals surface area contributed by atoms with E-state index in [0.29, 0.717) is 10.9 Å². The van der Waals surface area contributed by atoms with Gasteiger partial charge in [0.15, 0.2) is 5.16 Å². The summed E-state index contributed by atoms with van der Waals surface area (Å²) in [5.74, 6) is 1.23. The van der Waals surface area contributed by atoms with E-state index < -0.39 is 0 Å². The van der Waals surface area contributed by atoms with Gasteiger partial charge >= 0.3 is 0 Å². The zero-order valence-electron chi connectivity index (χ0n) is 14.0. The van der Waals surface area contributed by atoms with Crippen LogP contribution in [-0.4, -0.2) is 27.4 Å². The largest absolute Gasteiger partial charge is 0.302 e. The van der Waals surface area contributed by atoms with Crippen LogP contribution in [0.4, 0.5) is 5.69 Å². The van der Waals surface area contributed by atoms with Gasteiger partial charge < -0.3 is 4.90 Å². The lowest BCUT2D eigenvalue weighted by molar-refractivity contribution is -0.116. The molecule has 0 bridgehead atoms. The highest BCUT2D eigenvalue weighted by atomic mass is 32.2. The number of rotatable bonds is 4. The SMILES string of the molecule is O=C(CSc1ncccn1)N1c2ccccc2SCC1c1ccccc1. The van der Waals surface area contributed by atoms with Gasteiger partial charge in [-0.25, -0.2) is 9.97 Å². The zero-order valence-corrected chi connectivity index (χ0v) is 15.6. The van der Waals surface area contributed by atoms with Gasteiger partial charge in [-0.2, -0.15) is 0 Å². The van der Waals surface area contributed by atoms with Crippen molar-refractivity contribution in [1.82, 2.24) is 9.97 Å². The predicted octanol–water partition coefficient (Wildman–Crippen LogP) is 4.45. The highest BCUT2D eigenvalue weighted by molar-refractivity contribution is 8.00. The third-order valence-electron chi connectivity index (χ3n) is 4.15. The van der Waals surface area contributed by atoms with Crippen LogP contribution in [0.3, 0.4) is 0 Å². The molecule has 1 unspecified atom stereocenters. The fourth-order valence-electron chi connectivity index (χ4n) is 2.97. The lowest BCUT2D eigenvalue weighted by Gasteiger charge is -2.37. The van der Waals surface area contributed by atoms with Crippen molar-refractivity contribution in [3.05, 3.63) is 78.6 Å². The minimum absolute atomic E-state index is 0.0286. The maximum atomic E-state index is 13.2. The molecule has 6 heteroatoms. The molecule has 1 aliphatic rings. The summed E-state index contributed by atoms with van der Waals surface area (Å²) in [5.41, 5.74) is 2.14. The van der Waals surface area contributed by atoms with Crippen LogP contribution in [0.15, 0.2) is 83.1 Å². The molecule has 0 fully saturated rings. The zero-order chi connectivity index (χ0) is 17.8. The smallest absolute Gasteiger partial charge is 0.238 e. The first-order valence-electron chi connectivity index (χ1n) is 8.31. The minimum atomic E-state index is 0.0286. The number of amides is 1. The number of hydrogen-bond acceptors (Lipinski definition) is 5. The van der Waals surface area contributed by atoms with Crippen molar-refractivity contribution < 1.29 is 4.79 Å². The molecule has 2 heterocycles. The van der Waals surface area contributed by atoms with Crippen molar-refractivity contribution in [2.75, 3.05) is 16.4 Å². The summed E-state index contributed by atoms with van der Waals surface area (Å²) in [4.78, 5) is 24.6. The number of aromatic nitrogens is 2. The third kappa shape index (κ3) is 3.61. The molecule has 1 aromatic heterocycles. The fourth-order valence-corrected chi connectivity index (χ4v) is 4.80. The van der Waals surface area contributed by atoms with E-state index in [1.165, 1.54) is 11.8 Å². The first kappa shape index (κ1) is 17.1. The van der Waals surface area contributed by atoms with Gasteiger partial charge in [0, 0.05) is 23.0 Å². The molecule has 1 amide bonds. The number of thioether (sulfide) groups is 2. The van der Waals surface area contributed by atoms with Gasteiger partial charge in [0.2, 0.25) is 5.91 Å². The van der Waals surface area contributed by atoms with Gasteiger partial charge in [-0.3, -0.25) is 4.79 Å². The summed E-state index contributed by atoms with van der Waals surface area (Å²) < 4.78 is 0. The number of carbonyl (C=O) groups is 1. The molecule has 4 nitrogen and oxygen atoms in total. The summed E-state index contributed by atoms with van der Waals surface area (Å²) in [6.07, 6.45) is 3.39. The van der Waals surface area contributed by atoms with Crippen LogP contribution in [0, 0.1) is 0 Å². The van der Waals surface area contributed by atoms with E-state index in [1.807, 2.05) is 41.3 Å². The van der Waals surface area contributed by atoms with Gasteiger partial charge in [0.05, 0.1) is 17.5 Å². The maximum Gasteiger partial charge on any atom is 0.238 e. The van der Waals surface area contributed by atoms with Crippen LogP contribution >= 0.6 is 23.5 Å². The third-order valence-corrected chi connectivity index (χ3v) is 6.15. The number of anilines is 1. The van der Waals surface area contributed by atoms with E-state index in [2.05, 4.69) is 28.2 Å². The van der Waals surface area contributed by atoms with Gasteiger partial charge in [0.1, 0.15) is 0 Å². The predicted molar refractivity (Wildman–Crippen MR) is 107 cm³/mol. The Labute approximate surface area is 161 Å². The van der Waals surface area contributed by atoms with E-state index in [-0.39, 0.29) is 11.9 Å². The van der Waals surface area contributed by atoms with Crippen molar-refractivity contribution in [3.63, 3.8) is 0 Å².